The molecule has 0 aromatic heterocycles. The summed E-state index contributed by atoms with van der Waals surface area (Å²) in [7, 11) is 0. The van der Waals surface area contributed by atoms with Crippen LogP contribution in [0, 0.1) is 26.8 Å². The molecule has 2 aromatic carbocycles. The lowest BCUT2D eigenvalue weighted by Crippen LogP contribution is -1.89. The van der Waals surface area contributed by atoms with Gasteiger partial charge in [-0.2, -0.15) is 0 Å². The minimum Gasteiger partial charge on any atom is -0.256 e. The molecule has 0 unspecified atom stereocenters. The molecule has 0 saturated carbocycles. The van der Waals surface area contributed by atoms with Gasteiger partial charge in [0.1, 0.15) is 0 Å². The Kier molecular flexibility index (Phi) is 3.38. The van der Waals surface area contributed by atoms with Gasteiger partial charge in [0.05, 0.1) is 5.69 Å². The molecule has 1 heteroatoms. The van der Waals surface area contributed by atoms with Crippen molar-refractivity contribution in [3.8, 4) is 0 Å². The first kappa shape index (κ1) is 11.6. The minimum absolute atomic E-state index is 0.987. The van der Waals surface area contributed by atoms with Crippen molar-refractivity contribution in [1.29, 1.82) is 0 Å². The van der Waals surface area contributed by atoms with E-state index in [4.69, 9.17) is 0 Å². The monoisotopic (exact) mass is 222 g/mol. The minimum atomic E-state index is 0.987. The van der Waals surface area contributed by atoms with E-state index in [9.17, 15) is 0 Å². The van der Waals surface area contributed by atoms with Crippen molar-refractivity contribution in [2.75, 3.05) is 0 Å². The average molecular weight is 222 g/mol. The number of rotatable bonds is 2. The average Bonchev–Trinajstić information content (AvgIpc) is 2.33. The van der Waals surface area contributed by atoms with E-state index in [1.165, 1.54) is 16.7 Å². The largest absolute Gasteiger partial charge is 0.256 e. The van der Waals surface area contributed by atoms with Crippen molar-refractivity contribution in [2.45, 2.75) is 20.8 Å². The lowest BCUT2D eigenvalue weighted by molar-refractivity contribution is 1.32. The van der Waals surface area contributed by atoms with Gasteiger partial charge in [0, 0.05) is 6.21 Å². The topological polar surface area (TPSA) is 12.4 Å². The summed E-state index contributed by atoms with van der Waals surface area (Å²) in [5.41, 5.74) is 5.81. The number of aryl methyl sites for hydroxylation is 2. The van der Waals surface area contributed by atoms with Crippen LogP contribution in [0.15, 0.2) is 41.4 Å². The van der Waals surface area contributed by atoms with Crippen LogP contribution in [0.3, 0.4) is 0 Å². The third kappa shape index (κ3) is 2.82. The van der Waals surface area contributed by atoms with Gasteiger partial charge >= 0.3 is 0 Å². The van der Waals surface area contributed by atoms with Crippen LogP contribution >= 0.6 is 0 Å². The summed E-state index contributed by atoms with van der Waals surface area (Å²) in [4.78, 5) is 4.48. The van der Waals surface area contributed by atoms with E-state index >= 15 is 0 Å². The predicted molar refractivity (Wildman–Crippen MR) is 73.2 cm³/mol. The summed E-state index contributed by atoms with van der Waals surface area (Å²) in [6.45, 7) is 6.24. The van der Waals surface area contributed by atoms with Gasteiger partial charge in [-0.1, -0.05) is 29.8 Å². The van der Waals surface area contributed by atoms with Crippen LogP contribution < -0.4 is 0 Å². The van der Waals surface area contributed by atoms with Crippen LogP contribution in [0.25, 0.3) is 0 Å². The van der Waals surface area contributed by atoms with E-state index in [-0.39, 0.29) is 0 Å². The molecule has 0 aliphatic heterocycles. The van der Waals surface area contributed by atoms with E-state index in [1.54, 1.807) is 0 Å². The summed E-state index contributed by atoms with van der Waals surface area (Å²) in [5.74, 6) is 0. The number of benzene rings is 2. The molecule has 1 radical (unpaired) electrons. The van der Waals surface area contributed by atoms with Crippen LogP contribution in [0.5, 0.6) is 0 Å². The summed E-state index contributed by atoms with van der Waals surface area (Å²) < 4.78 is 0. The Morgan fingerprint density at radius 1 is 1.00 bits per heavy atom. The molecule has 0 N–H and O–H groups in total. The molecule has 17 heavy (non-hydrogen) atoms. The number of nitrogens with zero attached hydrogens (tertiary/aromatic N) is 1. The van der Waals surface area contributed by atoms with Crippen LogP contribution in [0.1, 0.15) is 22.3 Å². The summed E-state index contributed by atoms with van der Waals surface area (Å²) >= 11 is 0. The molecule has 0 aliphatic rings. The van der Waals surface area contributed by atoms with E-state index in [0.717, 1.165) is 11.3 Å². The maximum atomic E-state index is 4.48. The first-order chi connectivity index (χ1) is 8.16. The molecule has 0 atom stereocenters. The number of hydrogen-bond donors (Lipinski definition) is 0. The molecule has 0 bridgehead atoms. The summed E-state index contributed by atoms with van der Waals surface area (Å²) in [6, 6.07) is 15.4. The Labute approximate surface area is 103 Å². The van der Waals surface area contributed by atoms with Crippen LogP contribution in [0.4, 0.5) is 5.69 Å². The lowest BCUT2D eigenvalue weighted by Gasteiger charge is -2.02. The van der Waals surface area contributed by atoms with E-state index in [0.29, 0.717) is 0 Å². The molecule has 0 fully saturated rings. The van der Waals surface area contributed by atoms with E-state index in [1.807, 2.05) is 30.5 Å². The maximum absolute atomic E-state index is 4.48. The molecular weight excluding hydrogens is 206 g/mol. The molecule has 0 saturated heterocycles. The second kappa shape index (κ2) is 4.96. The highest BCUT2D eigenvalue weighted by Gasteiger charge is 1.97. The Hall–Kier alpha value is -1.89. The van der Waals surface area contributed by atoms with Gasteiger partial charge in [-0.25, -0.2) is 0 Å². The van der Waals surface area contributed by atoms with Gasteiger partial charge in [0.25, 0.3) is 0 Å². The van der Waals surface area contributed by atoms with E-state index in [2.05, 4.69) is 44.0 Å². The number of aliphatic imine (C=N–C) groups is 1. The maximum Gasteiger partial charge on any atom is 0.0630 e. The van der Waals surface area contributed by atoms with Crippen molar-refractivity contribution in [2.24, 2.45) is 4.99 Å². The fourth-order valence-electron chi connectivity index (χ4n) is 1.62. The molecule has 2 rings (SSSR count). The Morgan fingerprint density at radius 2 is 1.71 bits per heavy atom. The van der Waals surface area contributed by atoms with E-state index < -0.39 is 0 Å². The van der Waals surface area contributed by atoms with Gasteiger partial charge in [0.15, 0.2) is 0 Å². The van der Waals surface area contributed by atoms with Gasteiger partial charge < -0.3 is 0 Å². The van der Waals surface area contributed by atoms with Crippen molar-refractivity contribution in [3.05, 3.63) is 64.7 Å². The molecule has 2 aromatic rings. The van der Waals surface area contributed by atoms with Crippen LogP contribution in [-0.4, -0.2) is 6.21 Å². The first-order valence-electron chi connectivity index (χ1n) is 5.75. The first-order valence-corrected chi connectivity index (χ1v) is 5.75. The fraction of sp³-hybridized carbons (Fsp3) is 0.188. The molecule has 85 valence electrons. The Morgan fingerprint density at radius 3 is 2.41 bits per heavy atom. The molecule has 0 spiro atoms. The third-order valence-electron chi connectivity index (χ3n) is 2.94. The molecule has 0 aliphatic carbocycles. The summed E-state index contributed by atoms with van der Waals surface area (Å²) in [5, 5.41) is 0. The van der Waals surface area contributed by atoms with Gasteiger partial charge in [-0.15, -0.1) is 0 Å². The van der Waals surface area contributed by atoms with Gasteiger partial charge in [-0.05, 0) is 55.7 Å². The van der Waals surface area contributed by atoms with Crippen molar-refractivity contribution in [3.63, 3.8) is 0 Å². The molecular formula is C16H16N. The van der Waals surface area contributed by atoms with Gasteiger partial charge in [0.2, 0.25) is 0 Å². The van der Waals surface area contributed by atoms with Crippen molar-refractivity contribution in [1.82, 2.24) is 0 Å². The smallest absolute Gasteiger partial charge is 0.0630 e. The highest BCUT2D eigenvalue weighted by Crippen LogP contribution is 2.14. The molecule has 1 nitrogen and oxygen atoms in total. The lowest BCUT2D eigenvalue weighted by atomic mass is 10.0. The zero-order valence-electron chi connectivity index (χ0n) is 10.5. The predicted octanol–water partition coefficient (Wildman–Crippen LogP) is 4.16. The number of hydrogen-bond acceptors (Lipinski definition) is 1. The zero-order valence-corrected chi connectivity index (χ0v) is 10.5. The van der Waals surface area contributed by atoms with Crippen LogP contribution in [-0.2, 0) is 0 Å². The zero-order chi connectivity index (χ0) is 12.3. The fourth-order valence-corrected chi connectivity index (χ4v) is 1.62. The Balaban J connectivity index is 2.26. The second-order valence-corrected chi connectivity index (χ2v) is 4.28. The standard InChI is InChI=1S/C16H16N/c1-12-7-9-16(10-8-12)17-11-15-6-4-5-13(2)14(15)3/h4,6-11H,1-3H3. The SMILES string of the molecule is Cc1ccc(N=Cc2cc[c]c(C)c2C)cc1. The molecule has 0 amide bonds. The quantitative estimate of drug-likeness (QED) is 0.676. The normalized spacial score (nSPS) is 11.0. The highest BCUT2D eigenvalue weighted by atomic mass is 14.7. The second-order valence-electron chi connectivity index (χ2n) is 4.28. The summed E-state index contributed by atoms with van der Waals surface area (Å²) in [6.07, 6.45) is 1.92. The van der Waals surface area contributed by atoms with Gasteiger partial charge in [-0.3, -0.25) is 4.99 Å². The van der Waals surface area contributed by atoms with Crippen LogP contribution in [0.2, 0.25) is 0 Å². The highest BCUT2D eigenvalue weighted by molar-refractivity contribution is 5.84. The van der Waals surface area contributed by atoms with Crippen molar-refractivity contribution < 1.29 is 0 Å². The van der Waals surface area contributed by atoms with Crippen molar-refractivity contribution >= 4 is 11.9 Å². The molecule has 0 heterocycles. The Bertz CT molecular complexity index is 536. The third-order valence-corrected chi connectivity index (χ3v) is 2.94.